The first kappa shape index (κ1) is 21.6. The summed E-state index contributed by atoms with van der Waals surface area (Å²) in [4.78, 5) is 49.8. The molecular weight excluding hydrogens is 417 g/mol. The van der Waals surface area contributed by atoms with Gasteiger partial charge in [0.15, 0.2) is 5.69 Å². The Morgan fingerprint density at radius 3 is 2.48 bits per heavy atom. The summed E-state index contributed by atoms with van der Waals surface area (Å²) in [5.41, 5.74) is -1.31. The number of nitrogens with zero attached hydrogens (tertiary/aromatic N) is 3. The van der Waals surface area contributed by atoms with Crippen molar-refractivity contribution in [1.29, 1.82) is 0 Å². The number of carboxylic acids is 1. The Labute approximate surface area is 174 Å². The summed E-state index contributed by atoms with van der Waals surface area (Å²) in [6, 6.07) is 5.53. The third kappa shape index (κ3) is 4.42. The van der Waals surface area contributed by atoms with Crippen molar-refractivity contribution in [3.63, 3.8) is 0 Å². The van der Waals surface area contributed by atoms with E-state index in [0.717, 1.165) is 13.3 Å². The Balaban J connectivity index is 2.01. The average Bonchev–Trinajstić information content (AvgIpc) is 2.73. The van der Waals surface area contributed by atoms with Crippen LogP contribution >= 0.6 is 0 Å². The van der Waals surface area contributed by atoms with E-state index >= 15 is 0 Å². The van der Waals surface area contributed by atoms with E-state index in [0.29, 0.717) is 5.56 Å². The van der Waals surface area contributed by atoms with Crippen LogP contribution in [0.2, 0.25) is 0 Å². The maximum Gasteiger partial charge on any atom is 0.510 e. The summed E-state index contributed by atoms with van der Waals surface area (Å²) in [5.74, 6) is -3.17. The quantitative estimate of drug-likeness (QED) is 0.522. The minimum atomic E-state index is -1.52. The molecule has 2 heterocycles. The number of carbonyl (C=O) groups excluding carboxylic acids is 2. The smallest absolute Gasteiger partial charge is 0.477 e. The maximum atomic E-state index is 13.2. The lowest BCUT2D eigenvalue weighted by Gasteiger charge is -2.38. The Bertz CT molecular complexity index is 1080. The molecule has 0 unspecified atom stereocenters. The first-order valence-electron chi connectivity index (χ1n) is 8.84. The number of aromatic nitrogens is 1. The SMILES string of the molecule is COC(=O)OCOc1c2n(cc(C(=O)O)c1=O)N(C)CN(Cc1ccc(F)cc1)C2=O. The van der Waals surface area contributed by atoms with E-state index in [2.05, 4.69) is 9.47 Å². The molecule has 0 fully saturated rings. The van der Waals surface area contributed by atoms with Gasteiger partial charge in [-0.2, -0.15) is 0 Å². The van der Waals surface area contributed by atoms with Crippen LogP contribution < -0.4 is 15.2 Å². The average molecular weight is 435 g/mol. The van der Waals surface area contributed by atoms with Gasteiger partial charge in [-0.25, -0.2) is 14.0 Å². The summed E-state index contributed by atoms with van der Waals surface area (Å²) < 4.78 is 28.4. The second kappa shape index (κ2) is 8.73. The molecule has 12 heteroatoms. The van der Waals surface area contributed by atoms with Gasteiger partial charge in [-0.15, -0.1) is 0 Å². The highest BCUT2D eigenvalue weighted by atomic mass is 19.1. The number of carbonyl (C=O) groups is 3. The fourth-order valence-electron chi connectivity index (χ4n) is 2.99. The molecule has 0 bridgehead atoms. The zero-order valence-electron chi connectivity index (χ0n) is 16.5. The molecule has 31 heavy (non-hydrogen) atoms. The number of benzene rings is 1. The van der Waals surface area contributed by atoms with Crippen LogP contribution in [0.25, 0.3) is 0 Å². The summed E-state index contributed by atoms with van der Waals surface area (Å²) >= 11 is 0. The normalized spacial score (nSPS) is 12.9. The summed E-state index contributed by atoms with van der Waals surface area (Å²) in [7, 11) is 2.63. The third-order valence-corrected chi connectivity index (χ3v) is 4.44. The van der Waals surface area contributed by atoms with Gasteiger partial charge in [0.1, 0.15) is 18.0 Å². The van der Waals surface area contributed by atoms with Crippen molar-refractivity contribution < 1.29 is 38.1 Å². The molecule has 0 aliphatic carbocycles. The molecule has 1 aromatic carbocycles. The van der Waals surface area contributed by atoms with Crippen molar-refractivity contribution >= 4 is 18.0 Å². The van der Waals surface area contributed by atoms with Gasteiger partial charge < -0.3 is 24.2 Å². The summed E-state index contributed by atoms with van der Waals surface area (Å²) in [6.07, 6.45) is -0.0778. The number of pyridine rings is 1. The van der Waals surface area contributed by atoms with Gasteiger partial charge in [0.25, 0.3) is 5.91 Å². The van der Waals surface area contributed by atoms with Crippen LogP contribution in [0.3, 0.4) is 0 Å². The van der Waals surface area contributed by atoms with Crippen LogP contribution in [0.4, 0.5) is 9.18 Å². The number of carboxylic acid groups (broad SMARTS) is 1. The van der Waals surface area contributed by atoms with Gasteiger partial charge >= 0.3 is 12.1 Å². The predicted octanol–water partition coefficient (Wildman–Crippen LogP) is 0.986. The molecule has 1 aromatic heterocycles. The molecule has 0 atom stereocenters. The van der Waals surface area contributed by atoms with Gasteiger partial charge in [-0.1, -0.05) is 12.1 Å². The van der Waals surface area contributed by atoms with Crippen LogP contribution in [0, 0.1) is 5.82 Å². The Hall–Kier alpha value is -4.09. The molecule has 0 saturated heterocycles. The molecule has 2 aromatic rings. The van der Waals surface area contributed by atoms with E-state index < -0.39 is 47.4 Å². The molecule has 1 amide bonds. The Kier molecular flexibility index (Phi) is 6.09. The Morgan fingerprint density at radius 2 is 1.87 bits per heavy atom. The van der Waals surface area contributed by atoms with Gasteiger partial charge in [0.05, 0.1) is 7.11 Å². The van der Waals surface area contributed by atoms with Gasteiger partial charge in [0, 0.05) is 19.8 Å². The molecular formula is C19H18FN3O8. The van der Waals surface area contributed by atoms with E-state index in [1.807, 2.05) is 0 Å². The minimum absolute atomic E-state index is 0.0449. The molecule has 3 rings (SSSR count). The Morgan fingerprint density at radius 1 is 1.19 bits per heavy atom. The lowest BCUT2D eigenvalue weighted by molar-refractivity contribution is 0.0133. The minimum Gasteiger partial charge on any atom is -0.477 e. The molecule has 0 spiro atoms. The van der Waals surface area contributed by atoms with Crippen molar-refractivity contribution in [3.8, 4) is 5.75 Å². The standard InChI is InChI=1S/C19H18FN3O8/c1-21-9-22(7-11-3-5-12(20)6-4-11)17(25)14-16(30-10-31-19(28)29-2)15(24)13(18(26)27)8-23(14)21/h3-6,8H,7,9-10H2,1-2H3,(H,26,27). The number of ether oxygens (including phenoxy) is 3. The van der Waals surface area contributed by atoms with Crippen LogP contribution in [0.5, 0.6) is 5.75 Å². The van der Waals surface area contributed by atoms with E-state index in [-0.39, 0.29) is 18.9 Å². The number of rotatable bonds is 6. The predicted molar refractivity (Wildman–Crippen MR) is 102 cm³/mol. The second-order valence-corrected chi connectivity index (χ2v) is 6.49. The lowest BCUT2D eigenvalue weighted by Crippen LogP contribution is -2.52. The van der Waals surface area contributed by atoms with Gasteiger partial charge in [-0.05, 0) is 17.7 Å². The molecule has 0 saturated carbocycles. The number of hydrogen-bond donors (Lipinski definition) is 1. The lowest BCUT2D eigenvalue weighted by atomic mass is 10.1. The fraction of sp³-hybridized carbons (Fsp3) is 0.263. The maximum absolute atomic E-state index is 13.2. The van der Waals surface area contributed by atoms with Crippen molar-refractivity contribution in [2.24, 2.45) is 0 Å². The first-order valence-corrected chi connectivity index (χ1v) is 8.84. The molecule has 1 aliphatic heterocycles. The van der Waals surface area contributed by atoms with E-state index in [1.165, 1.54) is 38.9 Å². The van der Waals surface area contributed by atoms with Crippen LogP contribution in [-0.4, -0.2) is 60.3 Å². The number of hydrogen-bond acceptors (Lipinski definition) is 8. The zero-order valence-corrected chi connectivity index (χ0v) is 16.5. The number of fused-ring (bicyclic) bond motifs is 1. The molecule has 0 radical (unpaired) electrons. The number of amides is 1. The highest BCUT2D eigenvalue weighted by Crippen LogP contribution is 2.23. The van der Waals surface area contributed by atoms with Crippen molar-refractivity contribution in [3.05, 3.63) is 63.3 Å². The van der Waals surface area contributed by atoms with E-state index in [4.69, 9.17) is 4.74 Å². The largest absolute Gasteiger partial charge is 0.510 e. The molecule has 1 aliphatic rings. The van der Waals surface area contributed by atoms with Crippen molar-refractivity contribution in [2.75, 3.05) is 32.6 Å². The summed E-state index contributed by atoms with van der Waals surface area (Å²) in [5, 5.41) is 10.8. The number of aromatic carboxylic acids is 1. The number of methoxy groups -OCH3 is 1. The topological polar surface area (TPSA) is 128 Å². The van der Waals surface area contributed by atoms with Gasteiger partial charge in [-0.3, -0.25) is 19.3 Å². The zero-order chi connectivity index (χ0) is 22.7. The van der Waals surface area contributed by atoms with E-state index in [9.17, 15) is 28.7 Å². The fourth-order valence-corrected chi connectivity index (χ4v) is 2.99. The third-order valence-electron chi connectivity index (χ3n) is 4.44. The van der Waals surface area contributed by atoms with E-state index in [1.54, 1.807) is 7.05 Å². The van der Waals surface area contributed by atoms with Crippen LogP contribution in [0.1, 0.15) is 26.4 Å². The van der Waals surface area contributed by atoms with Crippen LogP contribution in [0.15, 0.2) is 35.3 Å². The summed E-state index contributed by atoms with van der Waals surface area (Å²) in [6.45, 7) is -0.646. The van der Waals surface area contributed by atoms with Gasteiger partial charge in [0.2, 0.25) is 18.0 Å². The monoisotopic (exact) mass is 435 g/mol. The first-order chi connectivity index (χ1) is 14.7. The highest BCUT2D eigenvalue weighted by Gasteiger charge is 2.34. The van der Waals surface area contributed by atoms with Crippen molar-refractivity contribution in [1.82, 2.24) is 9.58 Å². The van der Waals surface area contributed by atoms with Crippen LogP contribution in [-0.2, 0) is 16.0 Å². The molecule has 11 nitrogen and oxygen atoms in total. The number of halogens is 1. The molecule has 1 N–H and O–H groups in total. The highest BCUT2D eigenvalue weighted by molar-refractivity contribution is 5.98. The molecule has 164 valence electrons. The van der Waals surface area contributed by atoms with Crippen molar-refractivity contribution in [2.45, 2.75) is 6.54 Å². The second-order valence-electron chi connectivity index (χ2n) is 6.49.